The molecule has 34 heavy (non-hydrogen) atoms. The zero-order valence-electron chi connectivity index (χ0n) is 18.7. The summed E-state index contributed by atoms with van der Waals surface area (Å²) in [7, 11) is 4.44. The standard InChI is InChI=1S/C26H20N2O6/c1-30-23-12-19(13-24(31-2)25(23)32-3)26(29)33-20-10-8-17(9-11-20)21-14-22(34-28-21)18-6-4-16(15-27)5-7-18/h4-14H,1-3H3. The summed E-state index contributed by atoms with van der Waals surface area (Å²) in [4.78, 5) is 12.7. The summed E-state index contributed by atoms with van der Waals surface area (Å²) in [5.41, 5.74) is 3.05. The number of rotatable bonds is 7. The highest BCUT2D eigenvalue weighted by Crippen LogP contribution is 2.38. The van der Waals surface area contributed by atoms with Crippen LogP contribution in [0.4, 0.5) is 0 Å². The van der Waals surface area contributed by atoms with Crippen molar-refractivity contribution in [3.05, 3.63) is 77.9 Å². The van der Waals surface area contributed by atoms with Gasteiger partial charge in [0, 0.05) is 17.2 Å². The maximum Gasteiger partial charge on any atom is 0.343 e. The molecular weight excluding hydrogens is 436 g/mol. The van der Waals surface area contributed by atoms with Crippen molar-refractivity contribution in [2.45, 2.75) is 0 Å². The van der Waals surface area contributed by atoms with Crippen LogP contribution in [0.2, 0.25) is 0 Å². The lowest BCUT2D eigenvalue weighted by atomic mass is 10.1. The summed E-state index contributed by atoms with van der Waals surface area (Å²) in [5, 5.41) is 13.0. The van der Waals surface area contributed by atoms with Gasteiger partial charge in [-0.1, -0.05) is 5.16 Å². The fourth-order valence-electron chi connectivity index (χ4n) is 3.31. The lowest BCUT2D eigenvalue weighted by molar-refractivity contribution is 0.0734. The van der Waals surface area contributed by atoms with Gasteiger partial charge in [0.2, 0.25) is 5.75 Å². The van der Waals surface area contributed by atoms with Crippen molar-refractivity contribution < 1.29 is 28.3 Å². The van der Waals surface area contributed by atoms with Crippen molar-refractivity contribution in [2.75, 3.05) is 21.3 Å². The second-order valence-corrected chi connectivity index (χ2v) is 7.09. The van der Waals surface area contributed by atoms with E-state index >= 15 is 0 Å². The molecule has 0 saturated heterocycles. The molecule has 0 aliphatic carbocycles. The zero-order valence-corrected chi connectivity index (χ0v) is 18.7. The first-order valence-electron chi connectivity index (χ1n) is 10.2. The van der Waals surface area contributed by atoms with E-state index in [0.717, 1.165) is 11.1 Å². The lowest BCUT2D eigenvalue weighted by Gasteiger charge is -2.13. The normalized spacial score (nSPS) is 10.3. The van der Waals surface area contributed by atoms with Gasteiger partial charge in [0.25, 0.3) is 0 Å². The van der Waals surface area contributed by atoms with Crippen LogP contribution in [0, 0.1) is 11.3 Å². The summed E-state index contributed by atoms with van der Waals surface area (Å²) in [6.45, 7) is 0. The highest BCUT2D eigenvalue weighted by atomic mass is 16.5. The third kappa shape index (κ3) is 4.54. The third-order valence-corrected chi connectivity index (χ3v) is 5.07. The van der Waals surface area contributed by atoms with E-state index in [0.29, 0.717) is 40.0 Å². The number of esters is 1. The van der Waals surface area contributed by atoms with Gasteiger partial charge in [-0.2, -0.15) is 5.26 Å². The van der Waals surface area contributed by atoms with E-state index in [4.69, 9.17) is 28.7 Å². The van der Waals surface area contributed by atoms with Gasteiger partial charge in [-0.25, -0.2) is 4.79 Å². The topological polar surface area (TPSA) is 104 Å². The van der Waals surface area contributed by atoms with Crippen molar-refractivity contribution >= 4 is 5.97 Å². The van der Waals surface area contributed by atoms with E-state index in [1.54, 1.807) is 54.6 Å². The predicted molar refractivity (Wildman–Crippen MR) is 123 cm³/mol. The summed E-state index contributed by atoms with van der Waals surface area (Å²) in [6, 6.07) is 20.9. The Labute approximate surface area is 195 Å². The molecule has 0 spiro atoms. The summed E-state index contributed by atoms with van der Waals surface area (Å²) < 4.78 is 26.8. The maximum atomic E-state index is 12.7. The maximum absolute atomic E-state index is 12.7. The summed E-state index contributed by atoms with van der Waals surface area (Å²) >= 11 is 0. The largest absolute Gasteiger partial charge is 0.493 e. The van der Waals surface area contributed by atoms with Gasteiger partial charge in [0.1, 0.15) is 11.4 Å². The van der Waals surface area contributed by atoms with Gasteiger partial charge >= 0.3 is 5.97 Å². The number of hydrogen-bond donors (Lipinski definition) is 0. The number of carbonyl (C=O) groups excluding carboxylic acids is 1. The van der Waals surface area contributed by atoms with Gasteiger partial charge in [-0.05, 0) is 60.7 Å². The Morgan fingerprint density at radius 3 is 2.03 bits per heavy atom. The van der Waals surface area contributed by atoms with E-state index in [-0.39, 0.29) is 5.56 Å². The first-order valence-corrected chi connectivity index (χ1v) is 10.2. The molecule has 1 aromatic heterocycles. The number of aromatic nitrogens is 1. The van der Waals surface area contributed by atoms with Gasteiger partial charge in [0.15, 0.2) is 17.3 Å². The average Bonchev–Trinajstić information content (AvgIpc) is 3.38. The van der Waals surface area contributed by atoms with Crippen LogP contribution in [-0.4, -0.2) is 32.5 Å². The molecule has 0 bridgehead atoms. The fraction of sp³-hybridized carbons (Fsp3) is 0.115. The van der Waals surface area contributed by atoms with E-state index in [1.165, 1.54) is 33.5 Å². The Kier molecular flexibility index (Phi) is 6.46. The van der Waals surface area contributed by atoms with Crippen LogP contribution in [0.25, 0.3) is 22.6 Å². The second kappa shape index (κ2) is 9.79. The third-order valence-electron chi connectivity index (χ3n) is 5.07. The Bertz CT molecular complexity index is 1330. The Morgan fingerprint density at radius 1 is 0.853 bits per heavy atom. The molecule has 8 nitrogen and oxygen atoms in total. The molecule has 0 aliphatic rings. The highest BCUT2D eigenvalue weighted by molar-refractivity contribution is 5.92. The van der Waals surface area contributed by atoms with Gasteiger partial charge < -0.3 is 23.5 Å². The number of ether oxygens (including phenoxy) is 4. The fourth-order valence-corrected chi connectivity index (χ4v) is 3.31. The first kappa shape index (κ1) is 22.4. The molecule has 4 rings (SSSR count). The van der Waals surface area contributed by atoms with E-state index in [1.807, 2.05) is 0 Å². The van der Waals surface area contributed by atoms with Crippen molar-refractivity contribution in [1.29, 1.82) is 5.26 Å². The smallest absolute Gasteiger partial charge is 0.343 e. The van der Waals surface area contributed by atoms with Crippen LogP contribution < -0.4 is 18.9 Å². The minimum atomic E-state index is -0.573. The second-order valence-electron chi connectivity index (χ2n) is 7.09. The lowest BCUT2D eigenvalue weighted by Crippen LogP contribution is -2.09. The number of nitrogens with zero attached hydrogens (tertiary/aromatic N) is 2. The molecule has 0 atom stereocenters. The van der Waals surface area contributed by atoms with Crippen LogP contribution in [-0.2, 0) is 0 Å². The predicted octanol–water partition coefficient (Wildman–Crippen LogP) is 5.13. The van der Waals surface area contributed by atoms with Gasteiger partial charge in [-0.15, -0.1) is 0 Å². The molecular formula is C26H20N2O6. The van der Waals surface area contributed by atoms with E-state index in [2.05, 4.69) is 11.2 Å². The number of carbonyl (C=O) groups is 1. The van der Waals surface area contributed by atoms with Crippen LogP contribution in [0.15, 0.2) is 71.3 Å². The van der Waals surface area contributed by atoms with Gasteiger partial charge in [-0.3, -0.25) is 0 Å². The average molecular weight is 456 g/mol. The highest BCUT2D eigenvalue weighted by Gasteiger charge is 2.18. The molecule has 0 unspecified atom stereocenters. The molecule has 1 heterocycles. The Morgan fingerprint density at radius 2 is 1.47 bits per heavy atom. The van der Waals surface area contributed by atoms with E-state index < -0.39 is 5.97 Å². The van der Waals surface area contributed by atoms with Crippen LogP contribution in [0.3, 0.4) is 0 Å². The first-order chi connectivity index (χ1) is 16.6. The number of benzene rings is 3. The molecule has 4 aromatic rings. The Balaban J connectivity index is 1.50. The van der Waals surface area contributed by atoms with E-state index in [9.17, 15) is 4.79 Å². The van der Waals surface area contributed by atoms with Crippen molar-refractivity contribution in [3.63, 3.8) is 0 Å². The number of nitriles is 1. The molecule has 170 valence electrons. The molecule has 3 aromatic carbocycles. The van der Waals surface area contributed by atoms with Crippen molar-refractivity contribution in [3.8, 4) is 51.6 Å². The number of methoxy groups -OCH3 is 3. The molecule has 0 radical (unpaired) electrons. The Hall–Kier alpha value is -4.77. The molecule has 0 fully saturated rings. The van der Waals surface area contributed by atoms with Crippen LogP contribution in [0.5, 0.6) is 23.0 Å². The minimum Gasteiger partial charge on any atom is -0.493 e. The van der Waals surface area contributed by atoms with Crippen LogP contribution >= 0.6 is 0 Å². The number of hydrogen-bond acceptors (Lipinski definition) is 8. The van der Waals surface area contributed by atoms with Gasteiger partial charge in [0.05, 0.1) is 38.5 Å². The van der Waals surface area contributed by atoms with Crippen molar-refractivity contribution in [1.82, 2.24) is 5.16 Å². The summed E-state index contributed by atoms with van der Waals surface area (Å²) in [5.74, 6) is 1.47. The van der Waals surface area contributed by atoms with Crippen molar-refractivity contribution in [2.24, 2.45) is 0 Å². The monoisotopic (exact) mass is 456 g/mol. The molecule has 0 amide bonds. The SMILES string of the molecule is COc1cc(C(=O)Oc2ccc(-c3cc(-c4ccc(C#N)cc4)on3)cc2)cc(OC)c1OC. The summed E-state index contributed by atoms with van der Waals surface area (Å²) in [6.07, 6.45) is 0. The van der Waals surface area contributed by atoms with Crippen LogP contribution in [0.1, 0.15) is 15.9 Å². The quantitative estimate of drug-likeness (QED) is 0.279. The molecule has 0 saturated carbocycles. The molecule has 8 heteroatoms. The minimum absolute atomic E-state index is 0.252. The molecule has 0 N–H and O–H groups in total. The zero-order chi connectivity index (χ0) is 24.1. The molecule has 0 aliphatic heterocycles.